The molecule has 0 aliphatic carbocycles. The van der Waals surface area contributed by atoms with Crippen molar-refractivity contribution in [3.63, 3.8) is 0 Å². The lowest BCUT2D eigenvalue weighted by Gasteiger charge is -2.17. The van der Waals surface area contributed by atoms with Crippen LogP contribution >= 0.6 is 0 Å². The minimum absolute atomic E-state index is 0.0244. The molecule has 0 aromatic rings. The maximum Gasteiger partial charge on any atom is 0.0375 e. The molecule has 0 saturated carbocycles. The first-order valence-corrected chi connectivity index (χ1v) is 7.19. The first kappa shape index (κ1) is 14.2. The van der Waals surface area contributed by atoms with Gasteiger partial charge in [-0.3, -0.25) is 4.21 Å². The summed E-state index contributed by atoms with van der Waals surface area (Å²) in [6.45, 7) is 8.40. The third-order valence-corrected chi connectivity index (χ3v) is 4.39. The molecule has 0 aliphatic rings. The van der Waals surface area contributed by atoms with Crippen LogP contribution in [-0.2, 0) is 10.8 Å². The zero-order valence-corrected chi connectivity index (χ0v) is 11.1. The fourth-order valence-electron chi connectivity index (χ4n) is 1.32. The van der Waals surface area contributed by atoms with Gasteiger partial charge in [-0.25, -0.2) is 0 Å². The minimum Gasteiger partial charge on any atom is -0.259 e. The van der Waals surface area contributed by atoms with E-state index in [1.165, 1.54) is 32.1 Å². The summed E-state index contributed by atoms with van der Waals surface area (Å²) in [7, 11) is -0.645. The largest absolute Gasteiger partial charge is 0.259 e. The van der Waals surface area contributed by atoms with Gasteiger partial charge in [-0.2, -0.15) is 0 Å². The molecule has 2 heteroatoms. The van der Waals surface area contributed by atoms with Crippen LogP contribution in [0.3, 0.4) is 0 Å². The molecule has 0 heterocycles. The van der Waals surface area contributed by atoms with E-state index in [1.54, 1.807) is 0 Å². The summed E-state index contributed by atoms with van der Waals surface area (Å²) in [5, 5.41) is 0. The molecule has 1 nitrogen and oxygen atoms in total. The van der Waals surface area contributed by atoms with Gasteiger partial charge >= 0.3 is 0 Å². The Bertz CT molecular complexity index is 158. The molecule has 0 spiro atoms. The molecular weight excluding hydrogens is 192 g/mol. The number of rotatable bonds is 7. The van der Waals surface area contributed by atoms with Gasteiger partial charge in [0.2, 0.25) is 0 Å². The Morgan fingerprint density at radius 3 is 1.93 bits per heavy atom. The van der Waals surface area contributed by atoms with Crippen molar-refractivity contribution in [2.45, 2.75) is 71.0 Å². The van der Waals surface area contributed by atoms with Crippen LogP contribution in [0.5, 0.6) is 0 Å². The fourth-order valence-corrected chi connectivity index (χ4v) is 2.40. The molecule has 0 rings (SSSR count). The fraction of sp³-hybridized carbons (Fsp3) is 1.00. The van der Waals surface area contributed by atoms with E-state index < -0.39 is 10.8 Å². The van der Waals surface area contributed by atoms with Crippen LogP contribution in [0.4, 0.5) is 0 Å². The highest BCUT2D eigenvalue weighted by Gasteiger charge is 2.18. The zero-order chi connectivity index (χ0) is 11.0. The lowest BCUT2D eigenvalue weighted by molar-refractivity contribution is 0.614. The predicted octanol–water partition coefficient (Wildman–Crippen LogP) is 3.89. The molecule has 1 unspecified atom stereocenters. The van der Waals surface area contributed by atoms with E-state index in [-0.39, 0.29) is 4.75 Å². The van der Waals surface area contributed by atoms with E-state index in [0.29, 0.717) is 0 Å². The molecule has 1 atom stereocenters. The second-order valence-electron chi connectivity index (χ2n) is 4.93. The molecule has 0 aliphatic heterocycles. The van der Waals surface area contributed by atoms with Crippen molar-refractivity contribution in [1.29, 1.82) is 0 Å². The van der Waals surface area contributed by atoms with Crippen molar-refractivity contribution in [1.82, 2.24) is 0 Å². The standard InChI is InChI=1S/C12H26OS/c1-5-6-7-8-9-10-11-14(13)12(2,3)4/h5-11H2,1-4H3. The normalized spacial score (nSPS) is 14.3. The minimum atomic E-state index is -0.645. The molecule has 0 N–H and O–H groups in total. The van der Waals surface area contributed by atoms with Crippen molar-refractivity contribution >= 4 is 10.8 Å². The van der Waals surface area contributed by atoms with Crippen molar-refractivity contribution in [2.24, 2.45) is 0 Å². The first-order valence-electron chi connectivity index (χ1n) is 5.87. The smallest absolute Gasteiger partial charge is 0.0375 e. The molecule has 14 heavy (non-hydrogen) atoms. The van der Waals surface area contributed by atoms with Crippen LogP contribution in [0.2, 0.25) is 0 Å². The Morgan fingerprint density at radius 2 is 1.43 bits per heavy atom. The van der Waals surface area contributed by atoms with Crippen LogP contribution in [0, 0.1) is 0 Å². The molecule has 0 saturated heterocycles. The van der Waals surface area contributed by atoms with Crippen molar-refractivity contribution in [3.05, 3.63) is 0 Å². The maximum atomic E-state index is 11.7. The third-order valence-electron chi connectivity index (χ3n) is 2.37. The molecule has 86 valence electrons. The Kier molecular flexibility index (Phi) is 7.52. The molecule has 0 fully saturated rings. The van der Waals surface area contributed by atoms with Crippen LogP contribution < -0.4 is 0 Å². The number of hydrogen-bond acceptors (Lipinski definition) is 1. The van der Waals surface area contributed by atoms with Crippen LogP contribution in [0.1, 0.15) is 66.2 Å². The van der Waals surface area contributed by atoms with Crippen molar-refractivity contribution in [3.8, 4) is 0 Å². The van der Waals surface area contributed by atoms with Crippen LogP contribution in [0.25, 0.3) is 0 Å². The van der Waals surface area contributed by atoms with Gasteiger partial charge in [0.05, 0.1) is 0 Å². The molecule has 0 bridgehead atoms. The van der Waals surface area contributed by atoms with Gasteiger partial charge in [0, 0.05) is 21.3 Å². The van der Waals surface area contributed by atoms with Crippen LogP contribution in [-0.4, -0.2) is 14.7 Å². The Morgan fingerprint density at radius 1 is 0.929 bits per heavy atom. The monoisotopic (exact) mass is 218 g/mol. The third kappa shape index (κ3) is 7.54. The van der Waals surface area contributed by atoms with E-state index in [9.17, 15) is 4.21 Å². The van der Waals surface area contributed by atoms with Gasteiger partial charge in [-0.05, 0) is 27.2 Å². The number of hydrogen-bond donors (Lipinski definition) is 0. The maximum absolute atomic E-state index is 11.7. The van der Waals surface area contributed by atoms with E-state index in [2.05, 4.69) is 27.7 Å². The molecule has 0 aromatic heterocycles. The topological polar surface area (TPSA) is 17.1 Å². The summed E-state index contributed by atoms with van der Waals surface area (Å²) in [5.74, 6) is 0.885. The molecule has 0 aromatic carbocycles. The summed E-state index contributed by atoms with van der Waals surface area (Å²) in [5.41, 5.74) is 0. The van der Waals surface area contributed by atoms with Crippen LogP contribution in [0.15, 0.2) is 0 Å². The highest BCUT2D eigenvalue weighted by molar-refractivity contribution is 7.86. The predicted molar refractivity (Wildman–Crippen MR) is 66.1 cm³/mol. The van der Waals surface area contributed by atoms with Crippen molar-refractivity contribution in [2.75, 3.05) is 5.75 Å². The van der Waals surface area contributed by atoms with Crippen molar-refractivity contribution < 1.29 is 4.21 Å². The summed E-state index contributed by atoms with van der Waals surface area (Å²) < 4.78 is 11.6. The lowest BCUT2D eigenvalue weighted by Crippen LogP contribution is -2.23. The van der Waals surface area contributed by atoms with Gasteiger partial charge in [-0.1, -0.05) is 39.0 Å². The highest BCUT2D eigenvalue weighted by atomic mass is 32.2. The quantitative estimate of drug-likeness (QED) is 0.592. The average molecular weight is 218 g/mol. The number of unbranched alkanes of at least 4 members (excludes halogenated alkanes) is 5. The summed E-state index contributed by atoms with van der Waals surface area (Å²) >= 11 is 0. The highest BCUT2D eigenvalue weighted by Crippen LogP contribution is 2.14. The van der Waals surface area contributed by atoms with E-state index >= 15 is 0 Å². The van der Waals surface area contributed by atoms with Gasteiger partial charge in [-0.15, -0.1) is 0 Å². The molecule has 0 amide bonds. The first-order chi connectivity index (χ1) is 6.48. The van der Waals surface area contributed by atoms with E-state index in [0.717, 1.165) is 12.2 Å². The summed E-state index contributed by atoms with van der Waals surface area (Å²) in [6.07, 6.45) is 7.69. The van der Waals surface area contributed by atoms with Gasteiger partial charge in [0.1, 0.15) is 0 Å². The van der Waals surface area contributed by atoms with Gasteiger partial charge in [0.15, 0.2) is 0 Å². The molecular formula is C12H26OS. The SMILES string of the molecule is CCCCCCCCS(=O)C(C)(C)C. The van der Waals surface area contributed by atoms with E-state index in [1.807, 2.05) is 0 Å². The zero-order valence-electron chi connectivity index (χ0n) is 10.3. The Labute approximate surface area is 92.1 Å². The summed E-state index contributed by atoms with van der Waals surface area (Å²) in [6, 6.07) is 0. The second-order valence-corrected chi connectivity index (χ2v) is 7.25. The van der Waals surface area contributed by atoms with E-state index in [4.69, 9.17) is 0 Å². The Hall–Kier alpha value is 0.150. The van der Waals surface area contributed by atoms with Gasteiger partial charge in [0.25, 0.3) is 0 Å². The lowest BCUT2D eigenvalue weighted by atomic mass is 10.1. The second kappa shape index (κ2) is 7.44. The summed E-state index contributed by atoms with van der Waals surface area (Å²) in [4.78, 5) is 0. The average Bonchev–Trinajstić information content (AvgIpc) is 2.09. The van der Waals surface area contributed by atoms with Gasteiger partial charge < -0.3 is 0 Å². The Balaban J connectivity index is 3.33. The molecule has 0 radical (unpaired) electrons.